The van der Waals surface area contributed by atoms with E-state index in [-0.39, 0.29) is 35.4 Å². The van der Waals surface area contributed by atoms with Crippen LogP contribution in [-0.4, -0.2) is 37.0 Å². The number of nitrogens with zero attached hydrogens (tertiary/aromatic N) is 1. The van der Waals surface area contributed by atoms with E-state index < -0.39 is 0 Å². The van der Waals surface area contributed by atoms with Crippen LogP contribution in [0.4, 0.5) is 0 Å². The highest BCUT2D eigenvalue weighted by Crippen LogP contribution is 2.28. The summed E-state index contributed by atoms with van der Waals surface area (Å²) in [6.45, 7) is 7.40. The molecule has 2 N–H and O–H groups in total. The lowest BCUT2D eigenvalue weighted by Crippen LogP contribution is -2.54. The molecule has 1 atom stereocenters. The zero-order valence-corrected chi connectivity index (χ0v) is 17.7. The molecule has 0 saturated carbocycles. The van der Waals surface area contributed by atoms with E-state index in [0.717, 1.165) is 17.4 Å². The molecule has 1 aliphatic rings. The average molecular weight is 409 g/mol. The van der Waals surface area contributed by atoms with Crippen molar-refractivity contribution in [3.63, 3.8) is 0 Å². The molecule has 1 aliphatic heterocycles. The number of fused-ring (bicyclic) bond motifs is 1. The molecule has 0 spiro atoms. The normalized spacial score (nSPS) is 18.6. The summed E-state index contributed by atoms with van der Waals surface area (Å²) in [6.07, 6.45) is 1.47. The summed E-state index contributed by atoms with van der Waals surface area (Å²) >= 11 is 0. The summed E-state index contributed by atoms with van der Waals surface area (Å²) in [5.74, 6) is 0.697. The van der Waals surface area contributed by atoms with Crippen molar-refractivity contribution in [2.75, 3.05) is 20.2 Å². The number of aryl methyl sites for hydroxylation is 1. The maximum Gasteiger partial charge on any atom is 0.339 e. The molecule has 7 heteroatoms. The summed E-state index contributed by atoms with van der Waals surface area (Å²) in [5.41, 5.74) is 7.59. The first-order valence-corrected chi connectivity index (χ1v) is 9.36. The van der Waals surface area contributed by atoms with Crippen molar-refractivity contribution in [2.24, 2.45) is 11.1 Å². The largest absolute Gasteiger partial charge is 0.497 e. The zero-order chi connectivity index (χ0) is 19.8. The number of nitrogens with two attached hydrogens (primary N) is 1. The van der Waals surface area contributed by atoms with Crippen molar-refractivity contribution in [1.82, 2.24) is 4.90 Å². The summed E-state index contributed by atoms with van der Waals surface area (Å²) in [5, 5.41) is 0.864. The second-order valence-corrected chi connectivity index (χ2v) is 8.05. The van der Waals surface area contributed by atoms with E-state index in [9.17, 15) is 9.59 Å². The van der Waals surface area contributed by atoms with Crippen molar-refractivity contribution in [3.8, 4) is 5.75 Å². The van der Waals surface area contributed by atoms with Crippen molar-refractivity contribution in [1.29, 1.82) is 0 Å². The van der Waals surface area contributed by atoms with E-state index in [4.69, 9.17) is 14.9 Å². The number of carbonyl (C=O) groups is 1. The molecule has 154 valence electrons. The van der Waals surface area contributed by atoms with Gasteiger partial charge in [-0.05, 0) is 42.9 Å². The first kappa shape index (κ1) is 22.2. The summed E-state index contributed by atoms with van der Waals surface area (Å²) in [6, 6.07) is 5.53. The smallest absolute Gasteiger partial charge is 0.339 e. The molecule has 28 heavy (non-hydrogen) atoms. The highest BCUT2D eigenvalue weighted by Gasteiger charge is 2.35. The van der Waals surface area contributed by atoms with Crippen molar-refractivity contribution < 1.29 is 13.9 Å². The van der Waals surface area contributed by atoms with Crippen LogP contribution in [0.15, 0.2) is 27.4 Å². The van der Waals surface area contributed by atoms with Crippen LogP contribution >= 0.6 is 12.4 Å². The van der Waals surface area contributed by atoms with Gasteiger partial charge in [-0.3, -0.25) is 4.79 Å². The van der Waals surface area contributed by atoms with Gasteiger partial charge in [-0.2, -0.15) is 0 Å². The van der Waals surface area contributed by atoms with Crippen molar-refractivity contribution >= 4 is 29.3 Å². The van der Waals surface area contributed by atoms with Gasteiger partial charge in [0.2, 0.25) is 5.91 Å². The molecule has 2 aromatic rings. The maximum absolute atomic E-state index is 12.7. The van der Waals surface area contributed by atoms with Crippen molar-refractivity contribution in [2.45, 2.75) is 46.1 Å². The first-order chi connectivity index (χ1) is 12.7. The number of amides is 1. The van der Waals surface area contributed by atoms with E-state index in [1.807, 2.05) is 24.0 Å². The first-order valence-electron chi connectivity index (χ1n) is 9.36. The number of methoxy groups -OCH3 is 1. The van der Waals surface area contributed by atoms with Gasteiger partial charge in [0.15, 0.2) is 0 Å². The minimum atomic E-state index is -0.387. The van der Waals surface area contributed by atoms with Crippen molar-refractivity contribution in [3.05, 3.63) is 39.7 Å². The maximum atomic E-state index is 12.7. The van der Waals surface area contributed by atoms with Crippen LogP contribution in [0.3, 0.4) is 0 Å². The molecule has 2 heterocycles. The molecule has 6 nitrogen and oxygen atoms in total. The molecule has 1 fully saturated rings. The number of carbonyl (C=O) groups excluding carboxylic acids is 1. The van der Waals surface area contributed by atoms with Gasteiger partial charge in [0.25, 0.3) is 0 Å². The summed E-state index contributed by atoms with van der Waals surface area (Å²) < 4.78 is 10.6. The van der Waals surface area contributed by atoms with E-state index in [0.29, 0.717) is 42.8 Å². The molecular formula is C21H29ClN2O4. The van der Waals surface area contributed by atoms with Gasteiger partial charge in [-0.15, -0.1) is 12.4 Å². The highest BCUT2D eigenvalue weighted by atomic mass is 35.5. The Hall–Kier alpha value is -2.05. The number of hydrogen-bond acceptors (Lipinski definition) is 5. The van der Waals surface area contributed by atoms with Gasteiger partial charge >= 0.3 is 5.63 Å². The molecule has 3 rings (SSSR count). The summed E-state index contributed by atoms with van der Waals surface area (Å²) in [7, 11) is 1.57. The lowest BCUT2D eigenvalue weighted by Gasteiger charge is -2.42. The fourth-order valence-electron chi connectivity index (χ4n) is 3.77. The molecule has 1 aromatic heterocycles. The molecule has 0 bridgehead atoms. The SMILES string of the molecule is COc1ccc2c(C)c(CCC(=O)N3CCC(N)C(C)(C)C3)c(=O)oc2c1.Cl. The lowest BCUT2D eigenvalue weighted by atomic mass is 9.79. The Labute approximate surface area is 171 Å². The molecule has 1 aromatic carbocycles. The number of benzene rings is 1. The highest BCUT2D eigenvalue weighted by molar-refractivity contribution is 5.85. The van der Waals surface area contributed by atoms with Crippen LogP contribution in [0.5, 0.6) is 5.75 Å². The monoisotopic (exact) mass is 408 g/mol. The van der Waals surface area contributed by atoms with Crippen LogP contribution in [0, 0.1) is 12.3 Å². The standard InChI is InChI=1S/C21H28N2O4.ClH/c1-13-15-6-5-14(26-4)11-17(15)27-20(25)16(13)7-8-19(24)23-10-9-18(22)21(2,3)12-23;/h5-6,11,18H,7-10,12,22H2,1-4H3;1H. The van der Waals surface area contributed by atoms with Crippen LogP contribution in [0.1, 0.15) is 37.8 Å². The quantitative estimate of drug-likeness (QED) is 0.786. The van der Waals surface area contributed by atoms with Gasteiger partial charge in [0.05, 0.1) is 7.11 Å². The van der Waals surface area contributed by atoms with Crippen LogP contribution in [0.25, 0.3) is 11.0 Å². The van der Waals surface area contributed by atoms with E-state index >= 15 is 0 Å². The third kappa shape index (κ3) is 4.33. The Balaban J connectivity index is 0.00000280. The van der Waals surface area contributed by atoms with Gasteiger partial charge in [0, 0.05) is 42.6 Å². The fraction of sp³-hybridized carbons (Fsp3) is 0.524. The molecule has 1 saturated heterocycles. The van der Waals surface area contributed by atoms with Crippen LogP contribution < -0.4 is 16.1 Å². The molecule has 1 amide bonds. The third-order valence-electron chi connectivity index (χ3n) is 5.75. The molecule has 0 radical (unpaired) electrons. The number of likely N-dealkylation sites (tertiary alicyclic amines) is 1. The molecular weight excluding hydrogens is 380 g/mol. The Morgan fingerprint density at radius 1 is 1.39 bits per heavy atom. The summed E-state index contributed by atoms with van der Waals surface area (Å²) in [4.78, 5) is 27.0. The van der Waals surface area contributed by atoms with Crippen LogP contribution in [0.2, 0.25) is 0 Å². The number of piperidine rings is 1. The minimum absolute atomic E-state index is 0. The Morgan fingerprint density at radius 3 is 2.75 bits per heavy atom. The van der Waals surface area contributed by atoms with Gasteiger partial charge in [0.1, 0.15) is 11.3 Å². The number of rotatable bonds is 4. The predicted molar refractivity (Wildman–Crippen MR) is 112 cm³/mol. The number of hydrogen-bond donors (Lipinski definition) is 1. The fourth-order valence-corrected chi connectivity index (χ4v) is 3.77. The van der Waals surface area contributed by atoms with E-state index in [1.165, 1.54) is 0 Å². The lowest BCUT2D eigenvalue weighted by molar-refractivity contribution is -0.134. The van der Waals surface area contributed by atoms with Gasteiger partial charge in [-0.1, -0.05) is 13.8 Å². The second-order valence-electron chi connectivity index (χ2n) is 8.05. The third-order valence-corrected chi connectivity index (χ3v) is 5.75. The minimum Gasteiger partial charge on any atom is -0.497 e. The van der Waals surface area contributed by atoms with E-state index in [1.54, 1.807) is 13.2 Å². The van der Waals surface area contributed by atoms with E-state index in [2.05, 4.69) is 13.8 Å². The Bertz CT molecular complexity index is 922. The zero-order valence-electron chi connectivity index (χ0n) is 16.9. The molecule has 1 unspecified atom stereocenters. The Kier molecular flexibility index (Phi) is 6.78. The number of ether oxygens (including phenoxy) is 1. The molecule has 0 aliphatic carbocycles. The average Bonchev–Trinajstić information content (AvgIpc) is 2.62. The van der Waals surface area contributed by atoms with Gasteiger partial charge in [-0.25, -0.2) is 4.79 Å². The predicted octanol–water partition coefficient (Wildman–Crippen LogP) is 3.05. The van der Waals surface area contributed by atoms with Crippen LogP contribution in [-0.2, 0) is 11.2 Å². The second kappa shape index (κ2) is 8.53. The Morgan fingerprint density at radius 2 is 2.11 bits per heavy atom. The number of halogens is 1. The topological polar surface area (TPSA) is 85.8 Å². The van der Waals surface area contributed by atoms with Gasteiger partial charge < -0.3 is 19.8 Å².